The number of H-pyrrole nitrogens is 2. The van der Waals surface area contributed by atoms with Crippen LogP contribution in [-0.4, -0.2) is 95.4 Å². The first-order valence-electron chi connectivity index (χ1n) is 14.7. The third kappa shape index (κ3) is 10.8. The summed E-state index contributed by atoms with van der Waals surface area (Å²) in [5.41, 5.74) is 4.96. The quantitative estimate of drug-likeness (QED) is 0.148. The number of aromatic nitrogens is 2. The van der Waals surface area contributed by atoms with E-state index in [9.17, 15) is 9.59 Å². The Balaban J connectivity index is 0.000000248. The van der Waals surface area contributed by atoms with Gasteiger partial charge in [-0.25, -0.2) is 9.59 Å². The molecule has 0 spiro atoms. The Kier molecular flexibility index (Phi) is 14.5. The molecule has 2 aromatic heterocycles. The number of likely N-dealkylation sites (N-methyl/N-ethyl adjacent to an activating group) is 2. The first-order chi connectivity index (χ1) is 20.9. The van der Waals surface area contributed by atoms with E-state index in [1.807, 2.05) is 24.3 Å². The van der Waals surface area contributed by atoms with Crippen molar-refractivity contribution >= 4 is 33.7 Å². The van der Waals surface area contributed by atoms with E-state index in [1.165, 1.54) is 21.9 Å². The van der Waals surface area contributed by atoms with Gasteiger partial charge in [0.2, 0.25) is 0 Å². The molecule has 0 unspecified atom stereocenters. The van der Waals surface area contributed by atoms with Crippen molar-refractivity contribution in [1.82, 2.24) is 19.8 Å². The van der Waals surface area contributed by atoms with Crippen molar-refractivity contribution in [3.8, 4) is 11.5 Å². The topological polar surface area (TPSA) is 131 Å². The van der Waals surface area contributed by atoms with E-state index >= 15 is 0 Å². The molecule has 4 aromatic rings. The average molecular weight is 609 g/mol. The normalized spacial score (nSPS) is 11.3. The average Bonchev–Trinajstić information content (AvgIpc) is 3.62. The summed E-state index contributed by atoms with van der Waals surface area (Å²) in [4.78, 5) is 30.5. The van der Waals surface area contributed by atoms with Gasteiger partial charge in [-0.3, -0.25) is 0 Å². The Morgan fingerprint density at radius 3 is 1.39 bits per heavy atom. The molecule has 2 aromatic carbocycles. The fraction of sp³-hybridized carbons (Fsp3) is 0.412. The van der Waals surface area contributed by atoms with Gasteiger partial charge < -0.3 is 39.5 Å². The molecule has 44 heavy (non-hydrogen) atoms. The Labute approximate surface area is 260 Å². The zero-order valence-corrected chi connectivity index (χ0v) is 27.2. The number of hydrogen-bond acceptors (Lipinski definition) is 6. The van der Waals surface area contributed by atoms with Crippen LogP contribution in [0.2, 0.25) is 0 Å². The first kappa shape index (κ1) is 35.9. The lowest BCUT2D eigenvalue weighted by Gasteiger charge is -2.20. The molecule has 0 aliphatic carbocycles. The number of hydrogen-bond donors (Lipinski definition) is 4. The molecule has 0 fully saturated rings. The number of nitrogens with zero attached hydrogens (tertiary/aromatic N) is 2. The highest BCUT2D eigenvalue weighted by Crippen LogP contribution is 2.30. The minimum atomic E-state index is -1.26. The summed E-state index contributed by atoms with van der Waals surface area (Å²) in [6, 6.07) is 13.4. The number of aliphatic carboxylic acids is 2. The molecule has 0 bridgehead atoms. The fourth-order valence-electron chi connectivity index (χ4n) is 4.43. The molecule has 2 heterocycles. The minimum Gasteiger partial charge on any atom is -0.496 e. The van der Waals surface area contributed by atoms with Crippen LogP contribution in [0.25, 0.3) is 21.8 Å². The van der Waals surface area contributed by atoms with Crippen LogP contribution in [0.5, 0.6) is 11.5 Å². The summed E-state index contributed by atoms with van der Waals surface area (Å²) in [7, 11) is 7.78. The molecule has 4 rings (SSSR count). The highest BCUT2D eigenvalue weighted by atomic mass is 16.5. The molecule has 0 aliphatic rings. The number of nitrogens with one attached hydrogen (secondary N) is 2. The molecule has 0 amide bonds. The monoisotopic (exact) mass is 608 g/mol. The zero-order valence-electron chi connectivity index (χ0n) is 27.2. The second kappa shape index (κ2) is 17.7. The van der Waals surface area contributed by atoms with Gasteiger partial charge in [0.05, 0.1) is 14.2 Å². The number of carboxylic acids is 2. The summed E-state index contributed by atoms with van der Waals surface area (Å²) in [6.45, 7) is 11.0. The van der Waals surface area contributed by atoms with Crippen LogP contribution in [0, 0.1) is 0 Å². The minimum absolute atomic E-state index is 0.558. The highest BCUT2D eigenvalue weighted by molar-refractivity contribution is 5.90. The molecule has 10 heteroatoms. The van der Waals surface area contributed by atoms with Gasteiger partial charge in [-0.05, 0) is 90.0 Å². The number of benzene rings is 2. The second-order valence-electron chi connectivity index (χ2n) is 11.1. The lowest BCUT2D eigenvalue weighted by molar-refractivity contribution is -0.134. The van der Waals surface area contributed by atoms with Gasteiger partial charge >= 0.3 is 11.9 Å². The van der Waals surface area contributed by atoms with Crippen molar-refractivity contribution in [1.29, 1.82) is 0 Å². The van der Waals surface area contributed by atoms with Crippen molar-refractivity contribution in [2.45, 2.75) is 52.6 Å². The summed E-state index contributed by atoms with van der Waals surface area (Å²) in [6.07, 6.45) is 7.39. The molecule has 10 nitrogen and oxygen atoms in total. The molecule has 0 atom stereocenters. The summed E-state index contributed by atoms with van der Waals surface area (Å²) < 4.78 is 10.9. The van der Waals surface area contributed by atoms with Crippen LogP contribution < -0.4 is 9.47 Å². The van der Waals surface area contributed by atoms with Crippen LogP contribution in [0.15, 0.2) is 60.9 Å². The van der Waals surface area contributed by atoms with Gasteiger partial charge in [-0.2, -0.15) is 0 Å². The van der Waals surface area contributed by atoms with Crippen LogP contribution >= 0.6 is 0 Å². The number of rotatable bonds is 12. The predicted molar refractivity (Wildman–Crippen MR) is 177 cm³/mol. The maximum absolute atomic E-state index is 9.55. The smallest absolute Gasteiger partial charge is 0.328 e. The SMILES string of the molecule is COc1cccc2[nH]cc(CCN(C)C(C)C)c12.COc1cccc2[nH]cc(CCN(C)C(C)C)c12.O=C(O)/C=C/C(=O)O. The molecule has 4 N–H and O–H groups in total. The van der Waals surface area contributed by atoms with Crippen LogP contribution in [0.1, 0.15) is 38.8 Å². The number of methoxy groups -OCH3 is 2. The zero-order chi connectivity index (χ0) is 32.8. The Morgan fingerprint density at radius 2 is 1.09 bits per heavy atom. The standard InChI is InChI=1S/2C15H22N2O.C4H4O4/c2*1-11(2)17(3)9-8-12-10-16-13-6-5-7-14(18-4)15(12)13;5-3(6)1-2-4(7)8/h2*5-7,10-11,16H,8-9H2,1-4H3;1-2H,(H,5,6)(H,7,8)/b;;2-1+. The van der Waals surface area contributed by atoms with Crippen molar-refractivity contribution in [2.24, 2.45) is 0 Å². The van der Waals surface area contributed by atoms with Gasteiger partial charge in [-0.1, -0.05) is 12.1 Å². The van der Waals surface area contributed by atoms with Gasteiger partial charge in [0, 0.05) is 71.5 Å². The summed E-state index contributed by atoms with van der Waals surface area (Å²) in [5, 5.41) is 18.1. The number of carbonyl (C=O) groups is 2. The number of fused-ring (bicyclic) bond motifs is 2. The Hall–Kier alpha value is -4.28. The number of aromatic amines is 2. The van der Waals surface area contributed by atoms with Crippen molar-refractivity contribution < 1.29 is 29.3 Å². The van der Waals surface area contributed by atoms with E-state index in [0.717, 1.165) is 48.5 Å². The third-order valence-corrected chi connectivity index (χ3v) is 7.54. The maximum Gasteiger partial charge on any atom is 0.328 e. The molecular formula is C34H48N4O6. The summed E-state index contributed by atoms with van der Waals surface area (Å²) in [5.74, 6) is -0.605. The van der Waals surface area contributed by atoms with E-state index in [0.29, 0.717) is 24.2 Å². The Bertz CT molecular complexity index is 1390. The Morgan fingerprint density at radius 1 is 0.727 bits per heavy atom. The lowest BCUT2D eigenvalue weighted by Crippen LogP contribution is -2.28. The number of ether oxygens (including phenoxy) is 2. The van der Waals surface area contributed by atoms with Crippen molar-refractivity contribution in [3.63, 3.8) is 0 Å². The summed E-state index contributed by atoms with van der Waals surface area (Å²) >= 11 is 0. The molecule has 0 saturated heterocycles. The highest BCUT2D eigenvalue weighted by Gasteiger charge is 2.12. The van der Waals surface area contributed by atoms with E-state index in [2.05, 4.69) is 86.1 Å². The fourth-order valence-corrected chi connectivity index (χ4v) is 4.43. The number of carboxylic acid groups (broad SMARTS) is 2. The van der Waals surface area contributed by atoms with E-state index in [4.69, 9.17) is 19.7 Å². The van der Waals surface area contributed by atoms with Gasteiger partial charge in [-0.15, -0.1) is 0 Å². The third-order valence-electron chi connectivity index (χ3n) is 7.54. The van der Waals surface area contributed by atoms with Crippen LogP contribution in [-0.2, 0) is 22.4 Å². The van der Waals surface area contributed by atoms with Gasteiger partial charge in [0.1, 0.15) is 11.5 Å². The molecule has 240 valence electrons. The molecular weight excluding hydrogens is 560 g/mol. The molecule has 0 saturated carbocycles. The van der Waals surface area contributed by atoms with E-state index < -0.39 is 11.9 Å². The van der Waals surface area contributed by atoms with E-state index in [1.54, 1.807) is 14.2 Å². The van der Waals surface area contributed by atoms with Crippen molar-refractivity contribution in [3.05, 3.63) is 72.1 Å². The largest absolute Gasteiger partial charge is 0.496 e. The first-order valence-corrected chi connectivity index (χ1v) is 14.7. The van der Waals surface area contributed by atoms with Crippen LogP contribution in [0.3, 0.4) is 0 Å². The van der Waals surface area contributed by atoms with E-state index in [-0.39, 0.29) is 0 Å². The lowest BCUT2D eigenvalue weighted by atomic mass is 10.1. The molecule has 0 radical (unpaired) electrons. The molecule has 0 aliphatic heterocycles. The predicted octanol–water partition coefficient (Wildman–Crippen LogP) is 5.83. The van der Waals surface area contributed by atoms with Crippen LogP contribution in [0.4, 0.5) is 0 Å². The van der Waals surface area contributed by atoms with Gasteiger partial charge in [0.25, 0.3) is 0 Å². The maximum atomic E-state index is 9.55. The second-order valence-corrected chi connectivity index (χ2v) is 11.1. The van der Waals surface area contributed by atoms with Gasteiger partial charge in [0.15, 0.2) is 0 Å². The van der Waals surface area contributed by atoms with Crippen molar-refractivity contribution in [2.75, 3.05) is 41.4 Å².